The van der Waals surface area contributed by atoms with Crippen LogP contribution in [0.3, 0.4) is 0 Å². The summed E-state index contributed by atoms with van der Waals surface area (Å²) in [6.45, 7) is 0.908. The molecule has 1 atom stereocenters. The van der Waals surface area contributed by atoms with Crippen LogP contribution in [0.25, 0.3) is 0 Å². The van der Waals surface area contributed by atoms with Crippen molar-refractivity contribution < 1.29 is 27.1 Å². The zero-order valence-electron chi connectivity index (χ0n) is 14.9. The van der Waals surface area contributed by atoms with Crippen LogP contribution in [-0.2, 0) is 14.6 Å². The maximum Gasteiger partial charge on any atom is 0.270 e. The van der Waals surface area contributed by atoms with E-state index in [0.717, 1.165) is 18.4 Å². The number of rotatable bonds is 8. The van der Waals surface area contributed by atoms with Gasteiger partial charge in [-0.2, -0.15) is 0 Å². The lowest BCUT2D eigenvalue weighted by Crippen LogP contribution is -2.66. The molecule has 2 fully saturated rings. The molecule has 1 aromatic heterocycles. The molecule has 0 radical (unpaired) electrons. The molecule has 0 bridgehead atoms. The van der Waals surface area contributed by atoms with Crippen molar-refractivity contribution in [1.29, 1.82) is 0 Å². The number of alkyl halides is 1. The number of carbonyl (C=O) groups excluding carboxylic acids is 2. The van der Waals surface area contributed by atoms with Gasteiger partial charge in [0.2, 0.25) is 5.91 Å². The summed E-state index contributed by atoms with van der Waals surface area (Å²) < 4.78 is 41.5. The number of nitrogens with two attached hydrogens (primary N) is 1. The van der Waals surface area contributed by atoms with Crippen molar-refractivity contribution in [2.24, 2.45) is 5.73 Å². The van der Waals surface area contributed by atoms with Crippen LogP contribution < -0.4 is 15.8 Å². The summed E-state index contributed by atoms with van der Waals surface area (Å²) in [6, 6.07) is 1.43. The van der Waals surface area contributed by atoms with Crippen molar-refractivity contribution >= 4 is 21.7 Å². The van der Waals surface area contributed by atoms with E-state index in [1.807, 2.05) is 0 Å². The van der Waals surface area contributed by atoms with Crippen molar-refractivity contribution in [3.8, 4) is 5.75 Å². The first-order valence-electron chi connectivity index (χ1n) is 8.67. The van der Waals surface area contributed by atoms with Crippen LogP contribution in [0.5, 0.6) is 5.75 Å². The lowest BCUT2D eigenvalue weighted by atomic mass is 9.98. The first kappa shape index (κ1) is 19.5. The molecule has 2 amide bonds. The quantitative estimate of drug-likeness (QED) is 0.654. The average Bonchev–Trinajstić information content (AvgIpc) is 3.36. The molecule has 1 aliphatic heterocycles. The molecule has 148 valence electrons. The van der Waals surface area contributed by atoms with Gasteiger partial charge in [-0.25, -0.2) is 12.8 Å². The predicted octanol–water partition coefficient (Wildman–Crippen LogP) is 0.468. The Balaban J connectivity index is 1.81. The number of primary amides is 1. The number of sulfone groups is 1. The van der Waals surface area contributed by atoms with Gasteiger partial charge in [-0.1, -0.05) is 0 Å². The van der Waals surface area contributed by atoms with Crippen LogP contribution >= 0.6 is 0 Å². The van der Waals surface area contributed by atoms with Gasteiger partial charge in [0, 0.05) is 17.8 Å². The van der Waals surface area contributed by atoms with Gasteiger partial charge < -0.3 is 15.8 Å². The summed E-state index contributed by atoms with van der Waals surface area (Å²) in [5, 5.41) is 2.58. The van der Waals surface area contributed by atoms with E-state index in [-0.39, 0.29) is 29.5 Å². The lowest BCUT2D eigenvalue weighted by Gasteiger charge is -2.40. The van der Waals surface area contributed by atoms with E-state index < -0.39 is 40.0 Å². The molecule has 3 N–H and O–H groups in total. The van der Waals surface area contributed by atoms with Crippen molar-refractivity contribution in [2.75, 3.05) is 18.2 Å². The number of pyridine rings is 1. The highest BCUT2D eigenvalue weighted by Gasteiger charge is 2.50. The molecule has 27 heavy (non-hydrogen) atoms. The summed E-state index contributed by atoms with van der Waals surface area (Å²) in [5.74, 6) is -1.36. The lowest BCUT2D eigenvalue weighted by molar-refractivity contribution is -0.119. The molecule has 1 aromatic rings. The van der Waals surface area contributed by atoms with E-state index >= 15 is 0 Å². The minimum absolute atomic E-state index is 0.00796. The van der Waals surface area contributed by atoms with E-state index in [0.29, 0.717) is 5.75 Å². The largest absolute Gasteiger partial charge is 0.488 e. The van der Waals surface area contributed by atoms with E-state index in [1.54, 1.807) is 6.92 Å². The fourth-order valence-corrected chi connectivity index (χ4v) is 5.23. The standard InChI is InChI=1S/C17H22FN3O5S/c1-10(6-18)26-14-4-13(20-7-12(14)11-2-3-11)16(23)21-17(5-15(19)22)8-27(24,25)9-17/h4,7,10-11H,2-3,5-6,8-9H2,1H3,(H2,19,22)(H,21,23). The third kappa shape index (κ3) is 4.55. The van der Waals surface area contributed by atoms with Gasteiger partial charge in [-0.05, 0) is 25.7 Å². The van der Waals surface area contributed by atoms with E-state index in [2.05, 4.69) is 10.3 Å². The number of carbonyl (C=O) groups is 2. The van der Waals surface area contributed by atoms with Crippen LogP contribution in [-0.4, -0.2) is 55.0 Å². The van der Waals surface area contributed by atoms with Gasteiger partial charge in [0.25, 0.3) is 5.91 Å². The third-order valence-corrected chi connectivity index (χ3v) is 6.56. The molecule has 0 aromatic carbocycles. The number of halogens is 1. The topological polar surface area (TPSA) is 128 Å². The SMILES string of the molecule is CC(CF)Oc1cc(C(=O)NC2(CC(N)=O)CS(=O)(=O)C2)ncc1C1CC1. The van der Waals surface area contributed by atoms with Crippen LogP contribution in [0, 0.1) is 0 Å². The normalized spacial score (nSPS) is 21.0. The molecule has 3 rings (SSSR count). The summed E-state index contributed by atoms with van der Waals surface area (Å²) in [6.07, 6.45) is 2.55. The second-order valence-electron chi connectivity index (χ2n) is 7.37. The molecule has 1 aliphatic carbocycles. The number of nitrogens with one attached hydrogen (secondary N) is 1. The summed E-state index contributed by atoms with van der Waals surface area (Å²) >= 11 is 0. The smallest absolute Gasteiger partial charge is 0.270 e. The molecular weight excluding hydrogens is 377 g/mol. The highest BCUT2D eigenvalue weighted by Crippen LogP contribution is 2.44. The predicted molar refractivity (Wildman–Crippen MR) is 94.9 cm³/mol. The minimum Gasteiger partial charge on any atom is -0.488 e. The number of amides is 2. The Morgan fingerprint density at radius 3 is 2.63 bits per heavy atom. The maximum atomic E-state index is 12.8. The Bertz CT molecular complexity index is 857. The van der Waals surface area contributed by atoms with Crippen LogP contribution in [0.15, 0.2) is 12.3 Å². The zero-order chi connectivity index (χ0) is 19.8. The summed E-state index contributed by atoms with van der Waals surface area (Å²) in [7, 11) is -3.31. The highest BCUT2D eigenvalue weighted by molar-refractivity contribution is 7.93. The van der Waals surface area contributed by atoms with Crippen LogP contribution in [0.2, 0.25) is 0 Å². The first-order chi connectivity index (χ1) is 12.6. The Hall–Kier alpha value is -2.23. The monoisotopic (exact) mass is 399 g/mol. The molecule has 2 aliphatic rings. The Morgan fingerprint density at radius 2 is 2.11 bits per heavy atom. The van der Waals surface area contributed by atoms with E-state index in [4.69, 9.17) is 10.5 Å². The van der Waals surface area contributed by atoms with Gasteiger partial charge >= 0.3 is 0 Å². The molecule has 8 nitrogen and oxygen atoms in total. The molecule has 1 saturated heterocycles. The molecule has 2 heterocycles. The Labute approximate surface area is 156 Å². The first-order valence-corrected chi connectivity index (χ1v) is 10.5. The number of hydrogen-bond acceptors (Lipinski definition) is 6. The van der Waals surface area contributed by atoms with Gasteiger partial charge in [0.15, 0.2) is 9.84 Å². The molecule has 10 heteroatoms. The van der Waals surface area contributed by atoms with Crippen molar-refractivity contribution in [2.45, 2.75) is 43.7 Å². The van der Waals surface area contributed by atoms with Gasteiger partial charge in [0.05, 0.1) is 23.5 Å². The van der Waals surface area contributed by atoms with Crippen LogP contribution in [0.1, 0.15) is 48.2 Å². The molecule has 1 unspecified atom stereocenters. The van der Waals surface area contributed by atoms with Crippen LogP contribution in [0.4, 0.5) is 4.39 Å². The van der Waals surface area contributed by atoms with Gasteiger partial charge in [-0.15, -0.1) is 0 Å². The second-order valence-corrected chi connectivity index (χ2v) is 9.44. The average molecular weight is 399 g/mol. The Kier molecular flexibility index (Phi) is 5.11. The summed E-state index contributed by atoms with van der Waals surface area (Å²) in [4.78, 5) is 28.0. The van der Waals surface area contributed by atoms with Crippen molar-refractivity contribution in [3.05, 3.63) is 23.5 Å². The minimum atomic E-state index is -3.31. The number of hydrogen-bond donors (Lipinski definition) is 2. The zero-order valence-corrected chi connectivity index (χ0v) is 15.7. The Morgan fingerprint density at radius 1 is 1.44 bits per heavy atom. The van der Waals surface area contributed by atoms with E-state index in [9.17, 15) is 22.4 Å². The van der Waals surface area contributed by atoms with Gasteiger partial charge in [0.1, 0.15) is 24.2 Å². The fraction of sp³-hybridized carbons (Fsp3) is 0.588. The number of aromatic nitrogens is 1. The summed E-state index contributed by atoms with van der Waals surface area (Å²) in [5.41, 5.74) is 4.80. The van der Waals surface area contributed by atoms with E-state index in [1.165, 1.54) is 12.3 Å². The second kappa shape index (κ2) is 7.06. The molecular formula is C17H22FN3O5S. The van der Waals surface area contributed by atoms with Crippen molar-refractivity contribution in [1.82, 2.24) is 10.3 Å². The highest BCUT2D eigenvalue weighted by atomic mass is 32.2. The maximum absolute atomic E-state index is 12.8. The number of ether oxygens (including phenoxy) is 1. The molecule has 1 saturated carbocycles. The van der Waals surface area contributed by atoms with Gasteiger partial charge in [-0.3, -0.25) is 14.6 Å². The third-order valence-electron chi connectivity index (χ3n) is 4.57. The number of nitrogens with zero attached hydrogens (tertiary/aromatic N) is 1. The van der Waals surface area contributed by atoms with Crippen molar-refractivity contribution in [3.63, 3.8) is 0 Å². The molecule has 0 spiro atoms. The fourth-order valence-electron chi connectivity index (χ4n) is 3.28.